The predicted octanol–water partition coefficient (Wildman–Crippen LogP) is 1.86. The van der Waals surface area contributed by atoms with Crippen LogP contribution >= 0.6 is 11.3 Å². The Bertz CT molecular complexity index is 734. The predicted molar refractivity (Wildman–Crippen MR) is 91.5 cm³/mol. The van der Waals surface area contributed by atoms with E-state index in [1.165, 1.54) is 11.3 Å². The minimum atomic E-state index is -1.15. The number of thiophene rings is 1. The summed E-state index contributed by atoms with van der Waals surface area (Å²) in [7, 11) is 0. The highest BCUT2D eigenvalue weighted by Gasteiger charge is 2.50. The number of nitrogens with one attached hydrogen (secondary N) is 2. The number of imide groups is 1. The minimum Gasteiger partial charge on any atom is -0.336 e. The Balaban J connectivity index is 1.70. The zero-order valence-electron chi connectivity index (χ0n) is 14.0. The molecular weight excluding hydrogens is 340 g/mol. The van der Waals surface area contributed by atoms with Crippen LogP contribution in [0.5, 0.6) is 0 Å². The van der Waals surface area contributed by atoms with E-state index in [1.807, 2.05) is 5.38 Å². The van der Waals surface area contributed by atoms with Crippen LogP contribution in [0, 0.1) is 11.3 Å². The quantitative estimate of drug-likeness (QED) is 0.800. The van der Waals surface area contributed by atoms with Gasteiger partial charge in [-0.2, -0.15) is 5.26 Å². The molecule has 0 bridgehead atoms. The van der Waals surface area contributed by atoms with Crippen LogP contribution in [0.1, 0.15) is 43.9 Å². The SMILES string of the molecule is CC1(c2cccs2)NC(=O)N(CC(=O)NC2(C#N)CCCCC2)C1=O. The Morgan fingerprint density at radius 2 is 2.12 bits per heavy atom. The Labute approximate surface area is 150 Å². The van der Waals surface area contributed by atoms with E-state index < -0.39 is 28.9 Å². The highest BCUT2D eigenvalue weighted by molar-refractivity contribution is 7.10. The largest absolute Gasteiger partial charge is 0.336 e. The molecule has 1 aromatic rings. The van der Waals surface area contributed by atoms with Crippen LogP contribution in [-0.4, -0.2) is 34.8 Å². The van der Waals surface area contributed by atoms with Crippen LogP contribution in [0.2, 0.25) is 0 Å². The third kappa shape index (κ3) is 3.12. The molecule has 2 fully saturated rings. The molecule has 1 saturated carbocycles. The van der Waals surface area contributed by atoms with Gasteiger partial charge >= 0.3 is 6.03 Å². The van der Waals surface area contributed by atoms with Crippen molar-refractivity contribution in [2.75, 3.05) is 6.54 Å². The number of nitriles is 1. The van der Waals surface area contributed by atoms with Gasteiger partial charge < -0.3 is 10.6 Å². The van der Waals surface area contributed by atoms with Gasteiger partial charge in [0.25, 0.3) is 5.91 Å². The molecule has 7 nitrogen and oxygen atoms in total. The number of urea groups is 1. The summed E-state index contributed by atoms with van der Waals surface area (Å²) in [5.41, 5.74) is -2.03. The van der Waals surface area contributed by atoms with Gasteiger partial charge in [0, 0.05) is 4.88 Å². The third-order valence-corrected chi connectivity index (χ3v) is 5.98. The van der Waals surface area contributed by atoms with Crippen LogP contribution < -0.4 is 10.6 Å². The van der Waals surface area contributed by atoms with Crippen molar-refractivity contribution in [3.05, 3.63) is 22.4 Å². The molecule has 1 unspecified atom stereocenters. The number of hydrogen-bond acceptors (Lipinski definition) is 5. The summed E-state index contributed by atoms with van der Waals surface area (Å²) in [6.45, 7) is 1.25. The molecule has 132 valence electrons. The molecule has 8 heteroatoms. The molecule has 0 radical (unpaired) electrons. The highest BCUT2D eigenvalue weighted by atomic mass is 32.1. The van der Waals surface area contributed by atoms with E-state index in [1.54, 1.807) is 19.1 Å². The first kappa shape index (κ1) is 17.4. The van der Waals surface area contributed by atoms with E-state index in [9.17, 15) is 19.6 Å². The van der Waals surface area contributed by atoms with Crippen LogP contribution in [0.3, 0.4) is 0 Å². The first-order valence-corrected chi connectivity index (χ1v) is 9.18. The number of carbonyl (C=O) groups is 3. The highest BCUT2D eigenvalue weighted by Crippen LogP contribution is 2.32. The lowest BCUT2D eigenvalue weighted by Crippen LogP contribution is -2.52. The van der Waals surface area contributed by atoms with Gasteiger partial charge in [-0.15, -0.1) is 11.3 Å². The number of hydrogen-bond donors (Lipinski definition) is 2. The van der Waals surface area contributed by atoms with Gasteiger partial charge in [-0.05, 0) is 31.2 Å². The van der Waals surface area contributed by atoms with E-state index in [0.29, 0.717) is 12.8 Å². The summed E-state index contributed by atoms with van der Waals surface area (Å²) in [6.07, 6.45) is 4.01. The first-order chi connectivity index (χ1) is 11.9. The van der Waals surface area contributed by atoms with E-state index in [0.717, 1.165) is 29.0 Å². The van der Waals surface area contributed by atoms with Crippen molar-refractivity contribution in [2.45, 2.75) is 50.1 Å². The van der Waals surface area contributed by atoms with E-state index in [-0.39, 0.29) is 6.54 Å². The Morgan fingerprint density at radius 3 is 2.72 bits per heavy atom. The standard InChI is InChI=1S/C17H20N4O3S/c1-16(12-6-5-9-25-12)14(23)21(15(24)20-16)10-13(22)19-17(11-18)7-3-2-4-8-17/h5-6,9H,2-4,7-8,10H2,1H3,(H,19,22)(H,20,24). The van der Waals surface area contributed by atoms with Gasteiger partial charge in [-0.1, -0.05) is 25.3 Å². The van der Waals surface area contributed by atoms with Gasteiger partial charge in [-0.3, -0.25) is 14.5 Å². The van der Waals surface area contributed by atoms with E-state index in [2.05, 4.69) is 16.7 Å². The summed E-state index contributed by atoms with van der Waals surface area (Å²) in [5, 5.41) is 16.7. The minimum absolute atomic E-state index is 0.380. The number of amides is 4. The van der Waals surface area contributed by atoms with E-state index >= 15 is 0 Å². The molecule has 1 aliphatic heterocycles. The van der Waals surface area contributed by atoms with Crippen molar-refractivity contribution in [3.63, 3.8) is 0 Å². The van der Waals surface area contributed by atoms with Gasteiger partial charge in [0.05, 0.1) is 6.07 Å². The molecule has 0 spiro atoms. The van der Waals surface area contributed by atoms with E-state index in [4.69, 9.17) is 0 Å². The molecule has 0 aromatic carbocycles. The molecule has 2 aliphatic rings. The maximum atomic E-state index is 12.7. The fourth-order valence-corrected chi connectivity index (χ4v) is 4.28. The van der Waals surface area contributed by atoms with Crippen molar-refractivity contribution in [1.29, 1.82) is 5.26 Å². The second kappa shape index (κ2) is 6.48. The molecule has 1 aromatic heterocycles. The van der Waals surface area contributed by atoms with Gasteiger partial charge in [0.15, 0.2) is 5.54 Å². The van der Waals surface area contributed by atoms with Gasteiger partial charge in [0.2, 0.25) is 5.91 Å². The maximum Gasteiger partial charge on any atom is 0.325 e. The normalized spacial score (nSPS) is 25.4. The second-order valence-electron chi connectivity index (χ2n) is 6.73. The average Bonchev–Trinajstić information content (AvgIpc) is 3.20. The first-order valence-electron chi connectivity index (χ1n) is 8.31. The zero-order valence-corrected chi connectivity index (χ0v) is 14.8. The summed E-state index contributed by atoms with van der Waals surface area (Å²) in [6, 6.07) is 5.19. The molecule has 2 N–H and O–H groups in total. The Hall–Kier alpha value is -2.40. The zero-order chi connectivity index (χ0) is 18.1. The number of carbonyl (C=O) groups excluding carboxylic acids is 3. The van der Waals surface area contributed by atoms with Crippen molar-refractivity contribution >= 4 is 29.2 Å². The lowest BCUT2D eigenvalue weighted by Gasteiger charge is -2.32. The topological polar surface area (TPSA) is 102 Å². The number of nitrogens with zero attached hydrogens (tertiary/aromatic N) is 2. The average molecular weight is 360 g/mol. The van der Waals surface area contributed by atoms with Crippen molar-refractivity contribution in [2.24, 2.45) is 0 Å². The monoisotopic (exact) mass is 360 g/mol. The molecule has 1 aliphatic carbocycles. The summed E-state index contributed by atoms with van der Waals surface area (Å²) < 4.78 is 0. The Kier molecular flexibility index (Phi) is 4.52. The lowest BCUT2D eigenvalue weighted by atomic mass is 9.83. The fourth-order valence-electron chi connectivity index (χ4n) is 3.44. The van der Waals surface area contributed by atoms with Crippen LogP contribution in [0.25, 0.3) is 0 Å². The third-order valence-electron chi connectivity index (χ3n) is 4.89. The molecule has 4 amide bonds. The second-order valence-corrected chi connectivity index (χ2v) is 7.67. The lowest BCUT2D eigenvalue weighted by molar-refractivity contribution is -0.135. The molecule has 25 heavy (non-hydrogen) atoms. The molecule has 2 heterocycles. The maximum absolute atomic E-state index is 12.7. The van der Waals surface area contributed by atoms with Crippen molar-refractivity contribution in [3.8, 4) is 6.07 Å². The van der Waals surface area contributed by atoms with Gasteiger partial charge in [0.1, 0.15) is 12.1 Å². The van der Waals surface area contributed by atoms with Crippen molar-refractivity contribution in [1.82, 2.24) is 15.5 Å². The summed E-state index contributed by atoms with van der Waals surface area (Å²) >= 11 is 1.37. The van der Waals surface area contributed by atoms with Crippen LogP contribution in [0.4, 0.5) is 4.79 Å². The van der Waals surface area contributed by atoms with Crippen LogP contribution in [-0.2, 0) is 15.1 Å². The summed E-state index contributed by atoms with van der Waals surface area (Å²) in [5.74, 6) is -0.938. The Morgan fingerprint density at radius 1 is 1.40 bits per heavy atom. The number of rotatable bonds is 4. The molecule has 1 atom stereocenters. The van der Waals surface area contributed by atoms with Crippen LogP contribution in [0.15, 0.2) is 17.5 Å². The fraction of sp³-hybridized carbons (Fsp3) is 0.529. The van der Waals surface area contributed by atoms with Gasteiger partial charge in [-0.25, -0.2) is 4.79 Å². The molecule has 1 saturated heterocycles. The summed E-state index contributed by atoms with van der Waals surface area (Å²) in [4.78, 5) is 39.0. The molecule has 3 rings (SSSR count). The smallest absolute Gasteiger partial charge is 0.325 e. The van der Waals surface area contributed by atoms with Crippen molar-refractivity contribution < 1.29 is 14.4 Å². The molecular formula is C17H20N4O3S.